The average molecular weight is 443 g/mol. The molecule has 0 spiro atoms. The normalized spacial score (nSPS) is 10.9. The molecule has 0 saturated heterocycles. The van der Waals surface area contributed by atoms with Crippen LogP contribution >= 0.6 is 24.0 Å². The minimum Gasteiger partial charge on any atom is -0.497 e. The van der Waals surface area contributed by atoms with Crippen LogP contribution in [0.2, 0.25) is 0 Å². The maximum Gasteiger partial charge on any atom is 0.191 e. The number of furan rings is 1. The number of hydrogen-bond donors (Lipinski definition) is 2. The first-order valence-corrected chi connectivity index (χ1v) is 7.83. The standard InChI is InChI=1S/C18H25N3O2.HI/c1-5-19-18(21-12-16-9-13(2)23-14(16)3)20-11-15-7-6-8-17(10-15)22-4;/h6-10H,5,11-12H2,1-4H3,(H2,19,20,21);1H. The zero-order valence-electron chi connectivity index (χ0n) is 14.7. The molecule has 1 aromatic heterocycles. The van der Waals surface area contributed by atoms with Crippen LogP contribution in [0.4, 0.5) is 0 Å². The van der Waals surface area contributed by atoms with E-state index in [9.17, 15) is 0 Å². The Balaban J connectivity index is 0.00000288. The molecule has 24 heavy (non-hydrogen) atoms. The van der Waals surface area contributed by atoms with Crippen molar-refractivity contribution in [2.24, 2.45) is 4.99 Å². The van der Waals surface area contributed by atoms with Gasteiger partial charge in [0.25, 0.3) is 0 Å². The van der Waals surface area contributed by atoms with E-state index in [0.717, 1.165) is 40.9 Å². The topological polar surface area (TPSA) is 58.8 Å². The van der Waals surface area contributed by atoms with Crippen molar-refractivity contribution in [1.82, 2.24) is 10.6 Å². The van der Waals surface area contributed by atoms with Gasteiger partial charge in [-0.1, -0.05) is 12.1 Å². The number of aliphatic imine (C=N–C) groups is 1. The van der Waals surface area contributed by atoms with Crippen LogP contribution in [0.5, 0.6) is 5.75 Å². The zero-order valence-corrected chi connectivity index (χ0v) is 17.0. The molecule has 0 fully saturated rings. The number of halogens is 1. The summed E-state index contributed by atoms with van der Waals surface area (Å²) in [4.78, 5) is 4.62. The lowest BCUT2D eigenvalue weighted by Crippen LogP contribution is -2.36. The van der Waals surface area contributed by atoms with E-state index in [2.05, 4.69) is 22.5 Å². The molecule has 1 heterocycles. The largest absolute Gasteiger partial charge is 0.497 e. The molecule has 5 nitrogen and oxygen atoms in total. The first-order chi connectivity index (χ1) is 11.1. The summed E-state index contributed by atoms with van der Waals surface area (Å²) in [5.41, 5.74) is 2.26. The number of nitrogens with one attached hydrogen (secondary N) is 2. The van der Waals surface area contributed by atoms with Crippen molar-refractivity contribution in [2.75, 3.05) is 13.7 Å². The monoisotopic (exact) mass is 443 g/mol. The second-order valence-electron chi connectivity index (χ2n) is 5.34. The molecule has 0 atom stereocenters. The maximum atomic E-state index is 5.55. The minimum absolute atomic E-state index is 0. The Bertz CT molecular complexity index is 668. The first kappa shape index (κ1) is 20.3. The van der Waals surface area contributed by atoms with Gasteiger partial charge >= 0.3 is 0 Å². The molecule has 6 heteroatoms. The van der Waals surface area contributed by atoms with Gasteiger partial charge in [-0.25, -0.2) is 4.99 Å². The molecule has 132 valence electrons. The molecule has 1 aromatic carbocycles. The van der Waals surface area contributed by atoms with E-state index >= 15 is 0 Å². The summed E-state index contributed by atoms with van der Waals surface area (Å²) < 4.78 is 10.8. The van der Waals surface area contributed by atoms with E-state index in [-0.39, 0.29) is 24.0 Å². The molecule has 0 aliphatic carbocycles. The zero-order chi connectivity index (χ0) is 16.7. The van der Waals surface area contributed by atoms with Crippen LogP contribution in [0, 0.1) is 13.8 Å². The molecule has 2 aromatic rings. The Morgan fingerprint density at radius 2 is 2.00 bits per heavy atom. The van der Waals surface area contributed by atoms with Crippen molar-refractivity contribution in [1.29, 1.82) is 0 Å². The molecule has 0 aliphatic heterocycles. The van der Waals surface area contributed by atoms with Gasteiger partial charge in [0.15, 0.2) is 5.96 Å². The smallest absolute Gasteiger partial charge is 0.191 e. The van der Waals surface area contributed by atoms with Crippen LogP contribution in [-0.4, -0.2) is 19.6 Å². The number of benzene rings is 1. The van der Waals surface area contributed by atoms with Crippen LogP contribution < -0.4 is 15.4 Å². The Morgan fingerprint density at radius 1 is 1.21 bits per heavy atom. The van der Waals surface area contributed by atoms with Crippen molar-refractivity contribution >= 4 is 29.9 Å². The van der Waals surface area contributed by atoms with Crippen LogP contribution in [0.3, 0.4) is 0 Å². The first-order valence-electron chi connectivity index (χ1n) is 7.83. The number of methoxy groups -OCH3 is 1. The molecule has 0 bridgehead atoms. The van der Waals surface area contributed by atoms with Gasteiger partial charge in [0.05, 0.1) is 13.7 Å². The summed E-state index contributed by atoms with van der Waals surface area (Å²) in [6.07, 6.45) is 0. The average Bonchev–Trinajstić information content (AvgIpc) is 2.88. The minimum atomic E-state index is 0. The van der Waals surface area contributed by atoms with Crippen molar-refractivity contribution < 1.29 is 9.15 Å². The lowest BCUT2D eigenvalue weighted by Gasteiger charge is -2.11. The SMILES string of the molecule is CCNC(=NCc1cccc(OC)c1)NCc1cc(C)oc1C.I. The highest BCUT2D eigenvalue weighted by Gasteiger charge is 2.05. The lowest BCUT2D eigenvalue weighted by molar-refractivity contribution is 0.414. The Labute approximate surface area is 160 Å². The van der Waals surface area contributed by atoms with Gasteiger partial charge in [0.2, 0.25) is 0 Å². The predicted molar refractivity (Wildman–Crippen MR) is 108 cm³/mol. The molecular weight excluding hydrogens is 417 g/mol. The van der Waals surface area contributed by atoms with E-state index < -0.39 is 0 Å². The van der Waals surface area contributed by atoms with E-state index in [1.807, 2.05) is 44.2 Å². The molecule has 0 radical (unpaired) electrons. The molecule has 0 aliphatic rings. The van der Waals surface area contributed by atoms with E-state index in [1.165, 1.54) is 0 Å². The second kappa shape index (κ2) is 10.2. The van der Waals surface area contributed by atoms with Crippen molar-refractivity contribution in [3.8, 4) is 5.75 Å². The van der Waals surface area contributed by atoms with Crippen LogP contribution in [0.1, 0.15) is 29.6 Å². The highest BCUT2D eigenvalue weighted by atomic mass is 127. The van der Waals surface area contributed by atoms with E-state index in [0.29, 0.717) is 13.1 Å². The summed E-state index contributed by atoms with van der Waals surface area (Å²) in [6, 6.07) is 9.99. The van der Waals surface area contributed by atoms with Crippen molar-refractivity contribution in [3.05, 3.63) is 53.0 Å². The van der Waals surface area contributed by atoms with Gasteiger partial charge in [-0.2, -0.15) is 0 Å². The molecule has 2 N–H and O–H groups in total. The molecule has 2 rings (SSSR count). The molecule has 0 amide bonds. The highest BCUT2D eigenvalue weighted by Crippen LogP contribution is 2.14. The Morgan fingerprint density at radius 3 is 2.62 bits per heavy atom. The lowest BCUT2D eigenvalue weighted by atomic mass is 10.2. The van der Waals surface area contributed by atoms with E-state index in [4.69, 9.17) is 9.15 Å². The third kappa shape index (κ3) is 6.07. The van der Waals surface area contributed by atoms with Gasteiger partial charge in [0.1, 0.15) is 17.3 Å². The predicted octanol–water partition coefficient (Wildman–Crippen LogP) is 3.78. The van der Waals surface area contributed by atoms with Gasteiger partial charge in [0, 0.05) is 18.7 Å². The Kier molecular flexibility index (Phi) is 8.67. The molecule has 0 unspecified atom stereocenters. The summed E-state index contributed by atoms with van der Waals surface area (Å²) in [6.45, 7) is 8.08. The van der Waals surface area contributed by atoms with Crippen LogP contribution in [0.25, 0.3) is 0 Å². The van der Waals surface area contributed by atoms with Gasteiger partial charge in [-0.05, 0) is 44.5 Å². The third-order valence-electron chi connectivity index (χ3n) is 3.49. The summed E-state index contributed by atoms with van der Waals surface area (Å²) in [5, 5.41) is 6.59. The fraction of sp³-hybridized carbons (Fsp3) is 0.389. The number of aryl methyl sites for hydroxylation is 2. The molecule has 0 saturated carbocycles. The number of rotatable bonds is 6. The Hall–Kier alpha value is -1.70. The quantitative estimate of drug-likeness (QED) is 0.406. The van der Waals surface area contributed by atoms with E-state index in [1.54, 1.807) is 7.11 Å². The summed E-state index contributed by atoms with van der Waals surface area (Å²) >= 11 is 0. The number of ether oxygens (including phenoxy) is 1. The fourth-order valence-electron chi connectivity index (χ4n) is 2.32. The van der Waals surface area contributed by atoms with Crippen LogP contribution in [0.15, 0.2) is 39.7 Å². The number of guanidine groups is 1. The van der Waals surface area contributed by atoms with Gasteiger partial charge in [-0.3, -0.25) is 0 Å². The maximum absolute atomic E-state index is 5.55. The summed E-state index contributed by atoms with van der Waals surface area (Å²) in [5.74, 6) is 3.50. The number of hydrogen-bond acceptors (Lipinski definition) is 3. The van der Waals surface area contributed by atoms with Crippen molar-refractivity contribution in [3.63, 3.8) is 0 Å². The second-order valence-corrected chi connectivity index (χ2v) is 5.34. The fourth-order valence-corrected chi connectivity index (χ4v) is 2.32. The third-order valence-corrected chi connectivity index (χ3v) is 3.49. The number of nitrogens with zero attached hydrogens (tertiary/aromatic N) is 1. The summed E-state index contributed by atoms with van der Waals surface area (Å²) in [7, 11) is 1.67. The highest BCUT2D eigenvalue weighted by molar-refractivity contribution is 14.0. The van der Waals surface area contributed by atoms with Gasteiger partial charge in [-0.15, -0.1) is 24.0 Å². The van der Waals surface area contributed by atoms with Crippen molar-refractivity contribution in [2.45, 2.75) is 33.9 Å². The van der Waals surface area contributed by atoms with Crippen LogP contribution in [-0.2, 0) is 13.1 Å². The molecular formula is C18H26IN3O2. The van der Waals surface area contributed by atoms with Gasteiger partial charge < -0.3 is 19.8 Å².